The third-order valence-electron chi connectivity index (χ3n) is 8.20. The summed E-state index contributed by atoms with van der Waals surface area (Å²) in [6.07, 6.45) is -1.43. The number of nitriles is 1. The van der Waals surface area contributed by atoms with Gasteiger partial charge in [-0.15, -0.1) is 0 Å². The quantitative estimate of drug-likeness (QED) is 0.0366. The Morgan fingerprint density at radius 3 is 1.98 bits per heavy atom. The van der Waals surface area contributed by atoms with E-state index in [4.69, 9.17) is 33.5 Å². The average molecular weight is 662 g/mol. The lowest BCUT2D eigenvalue weighted by atomic mass is 9.80. The standard InChI is InChI=1S/C35H44N5O6P/c1-24(2)40(25(3)4)29(21-36)22-44-47-46-32-20-34(38-39-37)45-33(32)23-43-35(26-10-8-7-9-11-26,27-12-16-30(41-5)17-13-27)28-14-18-31(42-6)19-15-28/h7-19,24-25,29,32-34,47H,20,22-23H2,1-6H3/t29?,32-,33+,34-/m0/s1. The summed E-state index contributed by atoms with van der Waals surface area (Å²) < 4.78 is 36.2. The van der Waals surface area contributed by atoms with Crippen molar-refractivity contribution in [3.05, 3.63) is 106 Å². The predicted octanol–water partition coefficient (Wildman–Crippen LogP) is 7.36. The molecule has 0 bridgehead atoms. The van der Waals surface area contributed by atoms with Gasteiger partial charge in [0.05, 0.1) is 39.6 Å². The second-order valence-corrected chi connectivity index (χ2v) is 12.4. The first-order chi connectivity index (χ1) is 22.8. The van der Waals surface area contributed by atoms with Gasteiger partial charge < -0.3 is 28.0 Å². The molecule has 0 aliphatic carbocycles. The van der Waals surface area contributed by atoms with E-state index in [9.17, 15) is 5.26 Å². The smallest absolute Gasteiger partial charge is 0.155 e. The molecule has 0 aromatic heterocycles. The van der Waals surface area contributed by atoms with Crippen LogP contribution < -0.4 is 9.47 Å². The van der Waals surface area contributed by atoms with Gasteiger partial charge in [-0.05, 0) is 74.2 Å². The molecule has 1 fully saturated rings. The Morgan fingerprint density at radius 2 is 1.49 bits per heavy atom. The molecule has 1 saturated heterocycles. The van der Waals surface area contributed by atoms with E-state index in [1.54, 1.807) is 14.2 Å². The minimum Gasteiger partial charge on any atom is -0.497 e. The molecule has 11 nitrogen and oxygen atoms in total. The number of azide groups is 1. The van der Waals surface area contributed by atoms with E-state index >= 15 is 0 Å². The molecule has 1 heterocycles. The number of hydrogen-bond donors (Lipinski definition) is 0. The highest BCUT2D eigenvalue weighted by Crippen LogP contribution is 2.43. The Kier molecular flexibility index (Phi) is 13.4. The summed E-state index contributed by atoms with van der Waals surface area (Å²) in [7, 11) is 2.91. The van der Waals surface area contributed by atoms with Gasteiger partial charge >= 0.3 is 0 Å². The Morgan fingerprint density at radius 1 is 0.936 bits per heavy atom. The van der Waals surface area contributed by atoms with Crippen molar-refractivity contribution >= 4 is 9.03 Å². The molecule has 0 spiro atoms. The molecule has 0 saturated carbocycles. The van der Waals surface area contributed by atoms with Gasteiger partial charge in [0, 0.05) is 23.4 Å². The number of methoxy groups -OCH3 is 2. The van der Waals surface area contributed by atoms with Gasteiger partial charge in [0.15, 0.2) is 9.03 Å². The van der Waals surface area contributed by atoms with Crippen molar-refractivity contribution < 1.29 is 28.0 Å². The number of benzene rings is 3. The molecule has 12 heteroatoms. The van der Waals surface area contributed by atoms with E-state index in [1.807, 2.05) is 78.9 Å². The van der Waals surface area contributed by atoms with Crippen molar-refractivity contribution in [3.8, 4) is 17.6 Å². The zero-order chi connectivity index (χ0) is 33.8. The Bertz CT molecular complexity index is 1420. The van der Waals surface area contributed by atoms with Crippen LogP contribution in [0.15, 0.2) is 84.0 Å². The molecule has 3 aromatic rings. The van der Waals surface area contributed by atoms with Crippen molar-refractivity contribution in [2.24, 2.45) is 5.11 Å². The van der Waals surface area contributed by atoms with Crippen molar-refractivity contribution in [3.63, 3.8) is 0 Å². The molecule has 47 heavy (non-hydrogen) atoms. The van der Waals surface area contributed by atoms with Crippen LogP contribution in [0.4, 0.5) is 0 Å². The third kappa shape index (κ3) is 8.81. The highest BCUT2D eigenvalue weighted by atomic mass is 31.1. The first-order valence-corrected chi connectivity index (χ1v) is 16.5. The monoisotopic (exact) mass is 661 g/mol. The van der Waals surface area contributed by atoms with Crippen molar-refractivity contribution in [1.82, 2.24) is 4.90 Å². The molecular weight excluding hydrogens is 617 g/mol. The maximum atomic E-state index is 9.82. The Labute approximate surface area is 279 Å². The van der Waals surface area contributed by atoms with Gasteiger partial charge in [0.1, 0.15) is 35.5 Å². The van der Waals surface area contributed by atoms with Crippen molar-refractivity contribution in [1.29, 1.82) is 5.26 Å². The van der Waals surface area contributed by atoms with E-state index in [0.717, 1.165) is 28.2 Å². The predicted molar refractivity (Wildman–Crippen MR) is 181 cm³/mol. The highest BCUT2D eigenvalue weighted by molar-refractivity contribution is 7.26. The molecule has 0 N–H and O–H groups in total. The summed E-state index contributed by atoms with van der Waals surface area (Å²) in [5, 5.41) is 13.6. The first-order valence-electron chi connectivity index (χ1n) is 15.6. The Balaban J connectivity index is 1.61. The fourth-order valence-corrected chi connectivity index (χ4v) is 6.76. The molecule has 2 unspecified atom stereocenters. The molecule has 4 rings (SSSR count). The molecule has 0 amide bonds. The lowest BCUT2D eigenvalue weighted by molar-refractivity contribution is -0.0775. The number of nitrogens with zero attached hydrogens (tertiary/aromatic N) is 5. The molecule has 5 atom stereocenters. The minimum atomic E-state index is -1.06. The number of hydrogen-bond acceptors (Lipinski definition) is 9. The van der Waals surface area contributed by atoms with Crippen LogP contribution in [-0.2, 0) is 24.1 Å². The van der Waals surface area contributed by atoms with Crippen molar-refractivity contribution in [2.75, 3.05) is 27.4 Å². The zero-order valence-corrected chi connectivity index (χ0v) is 28.8. The van der Waals surface area contributed by atoms with Gasteiger partial charge in [0.25, 0.3) is 0 Å². The van der Waals surface area contributed by atoms with Gasteiger partial charge in [0.2, 0.25) is 0 Å². The van der Waals surface area contributed by atoms with Crippen LogP contribution in [0.2, 0.25) is 0 Å². The van der Waals surface area contributed by atoms with Crippen LogP contribution in [0.25, 0.3) is 10.4 Å². The molecular formula is C35H44N5O6P. The lowest BCUT2D eigenvalue weighted by Crippen LogP contribution is -2.46. The fraction of sp³-hybridized carbons (Fsp3) is 0.457. The topological polar surface area (TPSA) is 131 Å². The Hall–Kier alpha value is -3.71. The summed E-state index contributed by atoms with van der Waals surface area (Å²) in [6.45, 7) is 8.56. The van der Waals surface area contributed by atoms with Gasteiger partial charge in [-0.3, -0.25) is 4.90 Å². The lowest BCUT2D eigenvalue weighted by Gasteiger charge is -2.37. The maximum Gasteiger partial charge on any atom is 0.155 e. The average Bonchev–Trinajstić information content (AvgIpc) is 3.48. The summed E-state index contributed by atoms with van der Waals surface area (Å²) in [5.41, 5.74) is 10.8. The van der Waals surface area contributed by atoms with E-state index in [-0.39, 0.29) is 34.3 Å². The van der Waals surface area contributed by atoms with Crippen LogP contribution >= 0.6 is 9.03 Å². The molecule has 1 aliphatic rings. The maximum absolute atomic E-state index is 9.82. The summed E-state index contributed by atoms with van der Waals surface area (Å²) in [4.78, 5) is 5.07. The third-order valence-corrected chi connectivity index (χ3v) is 8.88. The van der Waals surface area contributed by atoms with Crippen LogP contribution in [0.5, 0.6) is 11.5 Å². The van der Waals surface area contributed by atoms with Crippen LogP contribution in [0.3, 0.4) is 0 Å². The summed E-state index contributed by atoms with van der Waals surface area (Å²) in [6, 6.07) is 27.8. The minimum absolute atomic E-state index is 0.106. The first kappa shape index (κ1) is 36.1. The van der Waals surface area contributed by atoms with E-state index in [2.05, 4.69) is 48.7 Å². The number of rotatable bonds is 17. The van der Waals surface area contributed by atoms with Gasteiger partial charge in [-0.2, -0.15) is 5.26 Å². The summed E-state index contributed by atoms with van der Waals surface area (Å²) >= 11 is 0. The van der Waals surface area contributed by atoms with Crippen molar-refractivity contribution in [2.45, 2.75) is 76.3 Å². The second-order valence-electron chi connectivity index (χ2n) is 11.7. The van der Waals surface area contributed by atoms with Crippen LogP contribution in [0.1, 0.15) is 50.8 Å². The SMILES string of the molecule is COc1ccc(C(OC[C@H]2O[C@H](N=[N+]=[N-])C[C@@H]2OPOCC(C#N)N(C(C)C)C(C)C)(c2ccccc2)c2ccc(OC)cc2)cc1. The molecule has 250 valence electrons. The van der Waals surface area contributed by atoms with E-state index in [1.165, 1.54) is 0 Å². The number of ether oxygens (including phenoxy) is 4. The van der Waals surface area contributed by atoms with Gasteiger partial charge in [-0.25, -0.2) is 0 Å². The van der Waals surface area contributed by atoms with Crippen LogP contribution in [-0.4, -0.2) is 68.9 Å². The van der Waals surface area contributed by atoms with E-state index in [0.29, 0.717) is 6.42 Å². The summed E-state index contributed by atoms with van der Waals surface area (Å²) in [5.74, 6) is 1.44. The molecule has 0 radical (unpaired) electrons. The van der Waals surface area contributed by atoms with E-state index < -0.39 is 30.1 Å². The normalized spacial score (nSPS) is 18.9. The fourth-order valence-electron chi connectivity index (χ4n) is 6.09. The highest BCUT2D eigenvalue weighted by Gasteiger charge is 2.42. The van der Waals surface area contributed by atoms with Gasteiger partial charge in [-0.1, -0.05) is 59.7 Å². The zero-order valence-electron chi connectivity index (χ0n) is 27.8. The largest absolute Gasteiger partial charge is 0.497 e. The molecule has 1 aliphatic heterocycles. The second kappa shape index (κ2) is 17.4. The molecule has 3 aromatic carbocycles. The van der Waals surface area contributed by atoms with Crippen LogP contribution in [0, 0.1) is 11.3 Å².